The molecular weight excluding hydrogens is 558 g/mol. The zero-order valence-corrected chi connectivity index (χ0v) is 25.1. The summed E-state index contributed by atoms with van der Waals surface area (Å²) in [5.74, 6) is 0. The Morgan fingerprint density at radius 1 is 0.348 bits per heavy atom. The maximum atomic E-state index is 6.31. The highest BCUT2D eigenvalue weighted by molar-refractivity contribution is 6.07. The van der Waals surface area contributed by atoms with Crippen molar-refractivity contribution in [2.75, 3.05) is 4.90 Å². The number of nitrogens with zero attached hydrogens (tertiary/aromatic N) is 1. The van der Waals surface area contributed by atoms with Gasteiger partial charge in [-0.25, -0.2) is 0 Å². The molecule has 2 nitrogen and oxygen atoms in total. The molecule has 46 heavy (non-hydrogen) atoms. The molecule has 0 fully saturated rings. The van der Waals surface area contributed by atoms with Crippen LogP contribution in [0.25, 0.3) is 65.7 Å². The first-order valence-corrected chi connectivity index (χ1v) is 15.7. The first-order chi connectivity index (χ1) is 22.8. The molecule has 9 aromatic rings. The van der Waals surface area contributed by atoms with Crippen molar-refractivity contribution in [1.29, 1.82) is 0 Å². The minimum absolute atomic E-state index is 0.898. The van der Waals surface area contributed by atoms with Crippen LogP contribution in [0.3, 0.4) is 0 Å². The van der Waals surface area contributed by atoms with E-state index >= 15 is 0 Å². The van der Waals surface area contributed by atoms with Crippen molar-refractivity contribution < 1.29 is 4.42 Å². The quantitative estimate of drug-likeness (QED) is 0.199. The highest BCUT2D eigenvalue weighted by Crippen LogP contribution is 2.45. The minimum Gasteiger partial charge on any atom is -0.456 e. The molecule has 0 bridgehead atoms. The second kappa shape index (κ2) is 10.8. The standard InChI is InChI=1S/C44H29NO/c1-2-12-32(13-3-1)40-29-34(25-27-35(40)33-24-26-39-38-20-8-9-23-43(38)46-44(39)28-33)45(41-21-10-16-30-14-4-6-18-36(30)41)42-22-11-17-31-15-5-7-19-37(31)42/h1-29H. The van der Waals surface area contributed by atoms with Crippen LogP contribution in [0.1, 0.15) is 0 Å². The summed E-state index contributed by atoms with van der Waals surface area (Å²) in [6, 6.07) is 62.8. The van der Waals surface area contributed by atoms with Crippen LogP contribution in [0.2, 0.25) is 0 Å². The average Bonchev–Trinajstić information content (AvgIpc) is 3.50. The highest BCUT2D eigenvalue weighted by Gasteiger charge is 2.20. The van der Waals surface area contributed by atoms with Crippen LogP contribution in [0, 0.1) is 0 Å². The first kappa shape index (κ1) is 26.3. The van der Waals surface area contributed by atoms with Gasteiger partial charge in [0.1, 0.15) is 11.2 Å². The van der Waals surface area contributed by atoms with Gasteiger partial charge < -0.3 is 9.32 Å². The van der Waals surface area contributed by atoms with Crippen molar-refractivity contribution in [3.05, 3.63) is 176 Å². The van der Waals surface area contributed by atoms with Gasteiger partial charge in [0.2, 0.25) is 0 Å². The SMILES string of the molecule is c1ccc(-c2cc(N(c3cccc4ccccc34)c3cccc4ccccc34)ccc2-c2ccc3c(c2)oc2ccccc23)cc1. The van der Waals surface area contributed by atoms with Gasteiger partial charge in [-0.15, -0.1) is 0 Å². The molecule has 0 amide bonds. The fourth-order valence-electron chi connectivity index (χ4n) is 6.89. The van der Waals surface area contributed by atoms with E-state index in [2.05, 4.69) is 169 Å². The molecule has 1 aromatic heterocycles. The maximum absolute atomic E-state index is 6.31. The van der Waals surface area contributed by atoms with Crippen molar-refractivity contribution >= 4 is 60.5 Å². The average molecular weight is 588 g/mol. The molecule has 0 aliphatic carbocycles. The molecule has 0 saturated carbocycles. The summed E-state index contributed by atoms with van der Waals surface area (Å²) in [6.07, 6.45) is 0. The summed E-state index contributed by atoms with van der Waals surface area (Å²) in [5, 5.41) is 7.12. The van der Waals surface area contributed by atoms with Gasteiger partial charge in [-0.3, -0.25) is 0 Å². The summed E-state index contributed by atoms with van der Waals surface area (Å²) in [7, 11) is 0. The van der Waals surface area contributed by atoms with Gasteiger partial charge in [0, 0.05) is 27.2 Å². The molecule has 9 rings (SSSR count). The normalized spacial score (nSPS) is 11.5. The van der Waals surface area contributed by atoms with Crippen LogP contribution in [0.15, 0.2) is 180 Å². The smallest absolute Gasteiger partial charge is 0.136 e. The number of fused-ring (bicyclic) bond motifs is 5. The summed E-state index contributed by atoms with van der Waals surface area (Å²) in [4.78, 5) is 2.42. The molecule has 0 unspecified atom stereocenters. The second-order valence-electron chi connectivity index (χ2n) is 11.7. The Hall–Kier alpha value is -6.12. The predicted molar refractivity (Wildman–Crippen MR) is 194 cm³/mol. The number of hydrogen-bond donors (Lipinski definition) is 0. The van der Waals surface area contributed by atoms with E-state index < -0.39 is 0 Å². The topological polar surface area (TPSA) is 16.4 Å². The molecule has 216 valence electrons. The van der Waals surface area contributed by atoms with Crippen LogP contribution < -0.4 is 4.90 Å². The van der Waals surface area contributed by atoms with E-state index in [1.54, 1.807) is 0 Å². The number of rotatable bonds is 5. The highest BCUT2D eigenvalue weighted by atomic mass is 16.3. The lowest BCUT2D eigenvalue weighted by Crippen LogP contribution is -2.11. The van der Waals surface area contributed by atoms with Crippen LogP contribution in [0.4, 0.5) is 17.1 Å². The summed E-state index contributed by atoms with van der Waals surface area (Å²) >= 11 is 0. The summed E-state index contributed by atoms with van der Waals surface area (Å²) < 4.78 is 6.31. The number of benzene rings is 8. The van der Waals surface area contributed by atoms with Gasteiger partial charge in [-0.1, -0.05) is 133 Å². The molecule has 0 radical (unpaired) electrons. The van der Waals surface area contributed by atoms with E-state index in [0.717, 1.165) is 50.1 Å². The Morgan fingerprint density at radius 3 is 1.65 bits per heavy atom. The van der Waals surface area contributed by atoms with E-state index in [1.165, 1.54) is 32.7 Å². The third-order valence-electron chi connectivity index (χ3n) is 9.05. The molecule has 0 aliphatic heterocycles. The van der Waals surface area contributed by atoms with Gasteiger partial charge in [-0.2, -0.15) is 0 Å². The van der Waals surface area contributed by atoms with Gasteiger partial charge >= 0.3 is 0 Å². The van der Waals surface area contributed by atoms with Crippen LogP contribution in [-0.2, 0) is 0 Å². The van der Waals surface area contributed by atoms with Crippen LogP contribution in [-0.4, -0.2) is 0 Å². The summed E-state index contributed by atoms with van der Waals surface area (Å²) in [6.45, 7) is 0. The molecule has 8 aromatic carbocycles. The van der Waals surface area contributed by atoms with Crippen molar-refractivity contribution in [2.24, 2.45) is 0 Å². The Labute approximate surface area is 267 Å². The fourth-order valence-corrected chi connectivity index (χ4v) is 6.89. The predicted octanol–water partition coefficient (Wildman–Crippen LogP) is 12.7. The second-order valence-corrected chi connectivity index (χ2v) is 11.7. The molecule has 1 heterocycles. The third-order valence-corrected chi connectivity index (χ3v) is 9.05. The Bertz CT molecular complexity index is 2450. The molecule has 0 saturated heterocycles. The number of para-hydroxylation sites is 1. The largest absolute Gasteiger partial charge is 0.456 e. The van der Waals surface area contributed by atoms with E-state index in [0.29, 0.717) is 0 Å². The van der Waals surface area contributed by atoms with Crippen molar-refractivity contribution in [3.8, 4) is 22.3 Å². The van der Waals surface area contributed by atoms with E-state index in [-0.39, 0.29) is 0 Å². The van der Waals surface area contributed by atoms with Crippen molar-refractivity contribution in [3.63, 3.8) is 0 Å². The minimum atomic E-state index is 0.898. The zero-order valence-electron chi connectivity index (χ0n) is 25.1. The van der Waals surface area contributed by atoms with Gasteiger partial charge in [0.25, 0.3) is 0 Å². The van der Waals surface area contributed by atoms with Gasteiger partial charge in [0.05, 0.1) is 11.4 Å². The molecule has 2 heteroatoms. The van der Waals surface area contributed by atoms with Crippen molar-refractivity contribution in [1.82, 2.24) is 0 Å². The van der Waals surface area contributed by atoms with Crippen LogP contribution in [0.5, 0.6) is 0 Å². The third kappa shape index (κ3) is 4.35. The monoisotopic (exact) mass is 587 g/mol. The lowest BCUT2D eigenvalue weighted by atomic mass is 9.93. The van der Waals surface area contributed by atoms with Gasteiger partial charge in [0.15, 0.2) is 0 Å². The van der Waals surface area contributed by atoms with Crippen molar-refractivity contribution in [2.45, 2.75) is 0 Å². The Kier molecular flexibility index (Phi) is 6.17. The Balaban J connectivity index is 1.30. The maximum Gasteiger partial charge on any atom is 0.136 e. The number of anilines is 3. The zero-order chi connectivity index (χ0) is 30.5. The Morgan fingerprint density at radius 2 is 0.935 bits per heavy atom. The lowest BCUT2D eigenvalue weighted by Gasteiger charge is -2.29. The molecule has 0 aliphatic rings. The van der Waals surface area contributed by atoms with E-state index in [9.17, 15) is 0 Å². The summed E-state index contributed by atoms with van der Waals surface area (Å²) in [5.41, 5.74) is 9.81. The first-order valence-electron chi connectivity index (χ1n) is 15.7. The molecule has 0 N–H and O–H groups in total. The molecule has 0 atom stereocenters. The van der Waals surface area contributed by atoms with E-state index in [1.807, 2.05) is 12.1 Å². The van der Waals surface area contributed by atoms with E-state index in [4.69, 9.17) is 4.42 Å². The van der Waals surface area contributed by atoms with Crippen LogP contribution >= 0.6 is 0 Å². The lowest BCUT2D eigenvalue weighted by molar-refractivity contribution is 0.669. The fraction of sp³-hybridized carbons (Fsp3) is 0. The van der Waals surface area contributed by atoms with Gasteiger partial charge in [-0.05, 0) is 75.5 Å². The number of furan rings is 1. The number of hydrogen-bond acceptors (Lipinski definition) is 2. The molecule has 0 spiro atoms. The molecular formula is C44H29NO.